The standard InChI is InChI=1S/C18H17Cl2NO4/c1-10-8-13(5-7-15(10)19)25-11(2)17(22)21-12-4-6-16(20)14(9-12)18(23)24-3/h4-9,11H,1-3H3,(H,21,22). The molecule has 7 heteroatoms. The molecule has 0 bridgehead atoms. The van der Waals surface area contributed by atoms with Crippen molar-refractivity contribution in [1.82, 2.24) is 0 Å². The molecule has 1 atom stereocenters. The molecule has 0 aliphatic rings. The third kappa shape index (κ3) is 4.87. The lowest BCUT2D eigenvalue weighted by atomic mass is 10.2. The van der Waals surface area contributed by atoms with E-state index in [1.165, 1.54) is 19.2 Å². The number of carbonyl (C=O) groups is 2. The highest BCUT2D eigenvalue weighted by molar-refractivity contribution is 6.33. The number of hydrogen-bond acceptors (Lipinski definition) is 4. The van der Waals surface area contributed by atoms with Crippen LogP contribution in [0.25, 0.3) is 0 Å². The number of carbonyl (C=O) groups excluding carboxylic acids is 2. The summed E-state index contributed by atoms with van der Waals surface area (Å²) in [5, 5.41) is 3.55. The highest BCUT2D eigenvalue weighted by Crippen LogP contribution is 2.23. The van der Waals surface area contributed by atoms with E-state index >= 15 is 0 Å². The van der Waals surface area contributed by atoms with Crippen LogP contribution in [0.1, 0.15) is 22.8 Å². The summed E-state index contributed by atoms with van der Waals surface area (Å²) in [4.78, 5) is 23.9. The molecule has 0 saturated carbocycles. The minimum absolute atomic E-state index is 0.170. The van der Waals surface area contributed by atoms with Crippen molar-refractivity contribution in [2.24, 2.45) is 0 Å². The van der Waals surface area contributed by atoms with Crippen molar-refractivity contribution in [1.29, 1.82) is 0 Å². The Morgan fingerprint density at radius 1 is 1.08 bits per heavy atom. The van der Waals surface area contributed by atoms with Gasteiger partial charge in [-0.25, -0.2) is 4.79 Å². The fourth-order valence-electron chi connectivity index (χ4n) is 2.06. The molecular weight excluding hydrogens is 365 g/mol. The van der Waals surface area contributed by atoms with Crippen molar-refractivity contribution in [3.63, 3.8) is 0 Å². The molecule has 1 unspecified atom stereocenters. The number of methoxy groups -OCH3 is 1. The molecule has 1 N–H and O–H groups in total. The largest absolute Gasteiger partial charge is 0.481 e. The topological polar surface area (TPSA) is 64.6 Å². The molecule has 2 aromatic carbocycles. The van der Waals surface area contributed by atoms with Gasteiger partial charge in [-0.05, 0) is 55.8 Å². The number of nitrogens with one attached hydrogen (secondary N) is 1. The number of anilines is 1. The van der Waals surface area contributed by atoms with E-state index in [1.54, 1.807) is 31.2 Å². The SMILES string of the molecule is COC(=O)c1cc(NC(=O)C(C)Oc2ccc(Cl)c(C)c2)ccc1Cl. The minimum atomic E-state index is -0.752. The second-order valence-corrected chi connectivity index (χ2v) is 6.16. The number of amides is 1. The number of halogens is 2. The fourth-order valence-corrected chi connectivity index (χ4v) is 2.37. The molecule has 5 nitrogen and oxygen atoms in total. The molecule has 0 aliphatic heterocycles. The normalized spacial score (nSPS) is 11.6. The molecule has 0 aliphatic carbocycles. The maximum atomic E-state index is 12.3. The molecule has 2 aromatic rings. The van der Waals surface area contributed by atoms with Crippen molar-refractivity contribution >= 4 is 40.8 Å². The summed E-state index contributed by atoms with van der Waals surface area (Å²) >= 11 is 11.9. The summed E-state index contributed by atoms with van der Waals surface area (Å²) in [7, 11) is 1.26. The van der Waals surface area contributed by atoms with Crippen molar-refractivity contribution in [2.45, 2.75) is 20.0 Å². The third-order valence-electron chi connectivity index (χ3n) is 3.45. The molecule has 0 saturated heterocycles. The molecule has 132 valence electrons. The fraction of sp³-hybridized carbons (Fsp3) is 0.222. The van der Waals surface area contributed by atoms with Crippen LogP contribution in [0.5, 0.6) is 5.75 Å². The van der Waals surface area contributed by atoms with Gasteiger partial charge in [-0.15, -0.1) is 0 Å². The zero-order valence-electron chi connectivity index (χ0n) is 13.9. The van der Waals surface area contributed by atoms with E-state index in [9.17, 15) is 9.59 Å². The zero-order chi connectivity index (χ0) is 18.6. The Morgan fingerprint density at radius 3 is 2.40 bits per heavy atom. The summed E-state index contributed by atoms with van der Waals surface area (Å²) < 4.78 is 10.3. The molecule has 0 radical (unpaired) electrons. The van der Waals surface area contributed by atoms with Gasteiger partial charge in [0.2, 0.25) is 0 Å². The summed E-state index contributed by atoms with van der Waals surface area (Å²) in [5.41, 5.74) is 1.44. The van der Waals surface area contributed by atoms with Crippen LogP contribution < -0.4 is 10.1 Å². The van der Waals surface area contributed by atoms with E-state index in [4.69, 9.17) is 27.9 Å². The first kappa shape index (κ1) is 19.1. The summed E-state index contributed by atoms with van der Waals surface area (Å²) in [6.45, 7) is 3.47. The van der Waals surface area contributed by atoms with Gasteiger partial charge in [-0.2, -0.15) is 0 Å². The Bertz CT molecular complexity index is 808. The van der Waals surface area contributed by atoms with Gasteiger partial charge in [-0.3, -0.25) is 4.79 Å². The average molecular weight is 382 g/mol. The quantitative estimate of drug-likeness (QED) is 0.774. The molecule has 0 aromatic heterocycles. The number of benzene rings is 2. The van der Waals surface area contributed by atoms with Crippen molar-refractivity contribution < 1.29 is 19.1 Å². The van der Waals surface area contributed by atoms with Gasteiger partial charge < -0.3 is 14.8 Å². The summed E-state index contributed by atoms with van der Waals surface area (Å²) in [6.07, 6.45) is -0.752. The predicted molar refractivity (Wildman–Crippen MR) is 97.7 cm³/mol. The lowest BCUT2D eigenvalue weighted by Gasteiger charge is -2.16. The first-order chi connectivity index (χ1) is 11.8. The van der Waals surface area contributed by atoms with Crippen LogP contribution in [0, 0.1) is 6.92 Å². The highest BCUT2D eigenvalue weighted by atomic mass is 35.5. The minimum Gasteiger partial charge on any atom is -0.481 e. The van der Waals surface area contributed by atoms with E-state index in [2.05, 4.69) is 10.1 Å². The first-order valence-corrected chi connectivity index (χ1v) is 8.19. The Hall–Kier alpha value is -2.24. The predicted octanol–water partition coefficient (Wildman–Crippen LogP) is 4.49. The Balaban J connectivity index is 2.08. The second kappa shape index (κ2) is 8.23. The van der Waals surface area contributed by atoms with Gasteiger partial charge in [0.15, 0.2) is 6.10 Å². The number of hydrogen-bond donors (Lipinski definition) is 1. The summed E-state index contributed by atoms with van der Waals surface area (Å²) in [6, 6.07) is 9.70. The second-order valence-electron chi connectivity index (χ2n) is 5.35. The highest BCUT2D eigenvalue weighted by Gasteiger charge is 2.17. The van der Waals surface area contributed by atoms with E-state index in [-0.39, 0.29) is 16.5 Å². The van der Waals surface area contributed by atoms with Crippen molar-refractivity contribution in [2.75, 3.05) is 12.4 Å². The maximum Gasteiger partial charge on any atom is 0.339 e. The van der Waals surface area contributed by atoms with E-state index in [0.717, 1.165) is 5.56 Å². The monoisotopic (exact) mass is 381 g/mol. The van der Waals surface area contributed by atoms with Crippen LogP contribution in [-0.4, -0.2) is 25.1 Å². The molecule has 1 amide bonds. The van der Waals surface area contributed by atoms with Gasteiger partial charge in [0, 0.05) is 10.7 Å². The maximum absolute atomic E-state index is 12.3. The lowest BCUT2D eigenvalue weighted by Crippen LogP contribution is -2.30. The lowest BCUT2D eigenvalue weighted by molar-refractivity contribution is -0.122. The molecule has 25 heavy (non-hydrogen) atoms. The Kier molecular flexibility index (Phi) is 6.28. The number of rotatable bonds is 5. The van der Waals surface area contributed by atoms with E-state index in [0.29, 0.717) is 16.5 Å². The van der Waals surface area contributed by atoms with Crippen LogP contribution >= 0.6 is 23.2 Å². The van der Waals surface area contributed by atoms with Crippen LogP contribution in [0.15, 0.2) is 36.4 Å². The zero-order valence-corrected chi connectivity index (χ0v) is 15.4. The van der Waals surface area contributed by atoms with Crippen LogP contribution in [-0.2, 0) is 9.53 Å². The van der Waals surface area contributed by atoms with Gasteiger partial charge in [0.25, 0.3) is 5.91 Å². The van der Waals surface area contributed by atoms with Crippen LogP contribution in [0.2, 0.25) is 10.0 Å². The third-order valence-corrected chi connectivity index (χ3v) is 4.20. The smallest absolute Gasteiger partial charge is 0.339 e. The number of esters is 1. The Labute approximate surface area is 155 Å². The van der Waals surface area contributed by atoms with Crippen LogP contribution in [0.4, 0.5) is 5.69 Å². The van der Waals surface area contributed by atoms with E-state index < -0.39 is 12.1 Å². The van der Waals surface area contributed by atoms with Crippen LogP contribution in [0.3, 0.4) is 0 Å². The average Bonchev–Trinajstić information content (AvgIpc) is 2.59. The van der Waals surface area contributed by atoms with Crippen molar-refractivity contribution in [3.8, 4) is 5.75 Å². The Morgan fingerprint density at radius 2 is 1.76 bits per heavy atom. The first-order valence-electron chi connectivity index (χ1n) is 7.43. The van der Waals surface area contributed by atoms with Gasteiger partial charge >= 0.3 is 5.97 Å². The molecule has 0 heterocycles. The van der Waals surface area contributed by atoms with Gasteiger partial charge in [-0.1, -0.05) is 23.2 Å². The molecule has 0 spiro atoms. The molecule has 2 rings (SSSR count). The van der Waals surface area contributed by atoms with Gasteiger partial charge in [0.05, 0.1) is 17.7 Å². The molecular formula is C18H17Cl2NO4. The molecule has 0 fully saturated rings. The number of ether oxygens (including phenoxy) is 2. The number of aryl methyl sites for hydroxylation is 1. The van der Waals surface area contributed by atoms with Crippen molar-refractivity contribution in [3.05, 3.63) is 57.6 Å². The summed E-state index contributed by atoms with van der Waals surface area (Å²) in [5.74, 6) is -0.413. The van der Waals surface area contributed by atoms with Gasteiger partial charge in [0.1, 0.15) is 5.75 Å². The van der Waals surface area contributed by atoms with E-state index in [1.807, 2.05) is 6.92 Å².